The van der Waals surface area contributed by atoms with E-state index in [1.807, 2.05) is 0 Å². The molecule has 0 spiro atoms. The number of hydrogen-bond acceptors (Lipinski definition) is 12. The Bertz CT molecular complexity index is 535. The molecular formula is C37H75BrO12. The van der Waals surface area contributed by atoms with Crippen LogP contribution in [0.5, 0.6) is 0 Å². The molecule has 0 saturated heterocycles. The second-order valence-electron chi connectivity index (χ2n) is 11.6. The van der Waals surface area contributed by atoms with Gasteiger partial charge in [0.25, 0.3) is 0 Å². The predicted octanol–water partition coefficient (Wildman–Crippen LogP) is 5.89. The van der Waals surface area contributed by atoms with Gasteiger partial charge in [0.15, 0.2) is 0 Å². The first-order chi connectivity index (χ1) is 24.9. The molecule has 0 fully saturated rings. The topological polar surface area (TPSA) is 111 Å². The fraction of sp³-hybridized carbons (Fsp3) is 1.00. The van der Waals surface area contributed by atoms with E-state index < -0.39 is 0 Å². The minimum absolute atomic E-state index is 0.520. The van der Waals surface area contributed by atoms with E-state index in [-0.39, 0.29) is 0 Å². The maximum Gasteiger partial charge on any atom is 0.0701 e. The van der Waals surface area contributed by atoms with Crippen LogP contribution >= 0.6 is 15.9 Å². The van der Waals surface area contributed by atoms with Crippen LogP contribution < -0.4 is 0 Å². The van der Waals surface area contributed by atoms with Crippen molar-refractivity contribution in [1.82, 2.24) is 0 Å². The molecule has 0 aliphatic carbocycles. The molecular weight excluding hydrogens is 716 g/mol. The van der Waals surface area contributed by atoms with Crippen molar-refractivity contribution in [3.05, 3.63) is 0 Å². The van der Waals surface area contributed by atoms with Crippen LogP contribution in [0.3, 0.4) is 0 Å². The Morgan fingerprint density at radius 3 is 0.620 bits per heavy atom. The third kappa shape index (κ3) is 48.0. The van der Waals surface area contributed by atoms with Crippen molar-refractivity contribution in [2.75, 3.05) is 164 Å². The highest BCUT2D eigenvalue weighted by molar-refractivity contribution is 9.09. The lowest BCUT2D eigenvalue weighted by molar-refractivity contribution is -0.0282. The first kappa shape index (κ1) is 50.0. The van der Waals surface area contributed by atoms with Crippen LogP contribution in [-0.2, 0) is 56.8 Å². The van der Waals surface area contributed by atoms with Crippen LogP contribution in [-0.4, -0.2) is 164 Å². The van der Waals surface area contributed by atoms with E-state index in [2.05, 4.69) is 22.9 Å². The standard InChI is InChI=1S/C37H75BrO12/c1-2-3-4-5-6-7-8-9-10-11-12-14-39-16-18-41-20-22-43-24-26-45-28-30-47-32-34-49-36-37-50-35-33-48-31-29-46-27-25-44-23-21-42-19-17-40-15-13-38/h2-37H2,1H3. The maximum absolute atomic E-state index is 5.66. The van der Waals surface area contributed by atoms with E-state index in [0.717, 1.165) is 18.4 Å². The van der Waals surface area contributed by atoms with E-state index in [1.54, 1.807) is 0 Å². The lowest BCUT2D eigenvalue weighted by Gasteiger charge is -2.09. The molecule has 0 unspecified atom stereocenters. The highest BCUT2D eigenvalue weighted by atomic mass is 79.9. The molecule has 0 bridgehead atoms. The first-order valence-corrected chi connectivity index (χ1v) is 20.5. The fourth-order valence-electron chi connectivity index (χ4n) is 4.44. The predicted molar refractivity (Wildman–Crippen MR) is 200 cm³/mol. The summed E-state index contributed by atoms with van der Waals surface area (Å²) in [6.45, 7) is 15.9. The summed E-state index contributed by atoms with van der Waals surface area (Å²) in [5, 5.41) is 0.840. The molecule has 0 heterocycles. The third-order valence-electron chi connectivity index (χ3n) is 7.21. The highest BCUT2D eigenvalue weighted by Gasteiger charge is 1.98. The average molecular weight is 792 g/mol. The summed E-state index contributed by atoms with van der Waals surface area (Å²) in [7, 11) is 0. The van der Waals surface area contributed by atoms with Gasteiger partial charge in [-0.15, -0.1) is 0 Å². The van der Waals surface area contributed by atoms with Crippen LogP contribution in [0.1, 0.15) is 77.6 Å². The van der Waals surface area contributed by atoms with Gasteiger partial charge in [0.1, 0.15) is 0 Å². The normalized spacial score (nSPS) is 11.6. The molecule has 0 aromatic heterocycles. The molecule has 302 valence electrons. The molecule has 0 rings (SSSR count). The quantitative estimate of drug-likeness (QED) is 0.0542. The average Bonchev–Trinajstić information content (AvgIpc) is 3.13. The second kappa shape index (κ2) is 49.0. The highest BCUT2D eigenvalue weighted by Crippen LogP contribution is 2.11. The minimum Gasteiger partial charge on any atom is -0.379 e. The Hall–Kier alpha value is 0.0000000000000000555. The number of unbranched alkanes of at least 4 members (excludes halogenated alkanes) is 10. The van der Waals surface area contributed by atoms with E-state index in [4.69, 9.17) is 56.8 Å². The summed E-state index contributed by atoms with van der Waals surface area (Å²) in [6.07, 6.45) is 14.9. The van der Waals surface area contributed by atoms with E-state index in [1.165, 1.54) is 64.2 Å². The van der Waals surface area contributed by atoms with Gasteiger partial charge < -0.3 is 56.8 Å². The summed E-state index contributed by atoms with van der Waals surface area (Å²) in [5.41, 5.74) is 0. The van der Waals surface area contributed by atoms with Gasteiger partial charge in [-0.05, 0) is 6.42 Å². The molecule has 0 amide bonds. The van der Waals surface area contributed by atoms with E-state index in [9.17, 15) is 0 Å². The van der Waals surface area contributed by atoms with Crippen LogP contribution in [0.15, 0.2) is 0 Å². The maximum atomic E-state index is 5.66. The first-order valence-electron chi connectivity index (χ1n) is 19.4. The summed E-state index contributed by atoms with van der Waals surface area (Å²) in [5.74, 6) is 0. The van der Waals surface area contributed by atoms with Crippen molar-refractivity contribution < 1.29 is 56.8 Å². The van der Waals surface area contributed by atoms with E-state index >= 15 is 0 Å². The second-order valence-corrected chi connectivity index (χ2v) is 12.4. The Morgan fingerprint density at radius 2 is 0.400 bits per heavy atom. The molecule has 13 heteroatoms. The zero-order chi connectivity index (χ0) is 35.9. The van der Waals surface area contributed by atoms with Crippen LogP contribution in [0, 0.1) is 0 Å². The molecule has 0 N–H and O–H groups in total. The largest absolute Gasteiger partial charge is 0.379 e. The number of rotatable bonds is 47. The fourth-order valence-corrected chi connectivity index (χ4v) is 4.67. The molecule has 0 aromatic carbocycles. The molecule has 0 radical (unpaired) electrons. The molecule has 0 saturated carbocycles. The zero-order valence-electron chi connectivity index (χ0n) is 31.7. The van der Waals surface area contributed by atoms with Crippen molar-refractivity contribution in [3.8, 4) is 0 Å². The lowest BCUT2D eigenvalue weighted by Crippen LogP contribution is -2.15. The summed E-state index contributed by atoms with van der Waals surface area (Å²) in [6, 6.07) is 0. The van der Waals surface area contributed by atoms with Crippen molar-refractivity contribution in [2.45, 2.75) is 77.6 Å². The Morgan fingerprint density at radius 1 is 0.220 bits per heavy atom. The van der Waals surface area contributed by atoms with Gasteiger partial charge in [-0.1, -0.05) is 87.1 Å². The Balaban J connectivity index is 3.04. The smallest absolute Gasteiger partial charge is 0.0701 e. The van der Waals surface area contributed by atoms with Crippen molar-refractivity contribution in [1.29, 1.82) is 0 Å². The van der Waals surface area contributed by atoms with Crippen LogP contribution in [0.25, 0.3) is 0 Å². The number of halogens is 1. The van der Waals surface area contributed by atoms with Gasteiger partial charge in [-0.2, -0.15) is 0 Å². The van der Waals surface area contributed by atoms with Gasteiger partial charge in [0.2, 0.25) is 0 Å². The van der Waals surface area contributed by atoms with Gasteiger partial charge in [0, 0.05) is 11.9 Å². The van der Waals surface area contributed by atoms with E-state index in [0.29, 0.717) is 152 Å². The zero-order valence-corrected chi connectivity index (χ0v) is 33.3. The van der Waals surface area contributed by atoms with Crippen LogP contribution in [0.2, 0.25) is 0 Å². The monoisotopic (exact) mass is 790 g/mol. The summed E-state index contributed by atoms with van der Waals surface area (Å²) < 4.78 is 65.9. The number of ether oxygens (including phenoxy) is 12. The SMILES string of the molecule is CCCCCCCCCCCCCOCCOCCOCCOCCOCCOCCOCCOCCOCCOCCOCCOCCBr. The Labute approximate surface area is 313 Å². The molecule has 0 atom stereocenters. The minimum atomic E-state index is 0.520. The van der Waals surface area contributed by atoms with Gasteiger partial charge in [0.05, 0.1) is 152 Å². The van der Waals surface area contributed by atoms with Crippen LogP contribution in [0.4, 0.5) is 0 Å². The molecule has 0 aliphatic rings. The van der Waals surface area contributed by atoms with Gasteiger partial charge in [-0.25, -0.2) is 0 Å². The van der Waals surface area contributed by atoms with Gasteiger partial charge >= 0.3 is 0 Å². The molecule has 0 aliphatic heterocycles. The number of hydrogen-bond donors (Lipinski definition) is 0. The Kier molecular flexibility index (Phi) is 49.0. The lowest BCUT2D eigenvalue weighted by atomic mass is 10.1. The molecule has 12 nitrogen and oxygen atoms in total. The van der Waals surface area contributed by atoms with Crippen molar-refractivity contribution in [2.24, 2.45) is 0 Å². The van der Waals surface area contributed by atoms with Gasteiger partial charge in [-0.3, -0.25) is 0 Å². The van der Waals surface area contributed by atoms with Crippen molar-refractivity contribution >= 4 is 15.9 Å². The summed E-state index contributed by atoms with van der Waals surface area (Å²) in [4.78, 5) is 0. The third-order valence-corrected chi connectivity index (χ3v) is 7.53. The molecule has 50 heavy (non-hydrogen) atoms. The van der Waals surface area contributed by atoms with Crippen molar-refractivity contribution in [3.63, 3.8) is 0 Å². The summed E-state index contributed by atoms with van der Waals surface area (Å²) >= 11 is 3.31. The number of alkyl halides is 1. The molecule has 0 aromatic rings.